The summed E-state index contributed by atoms with van der Waals surface area (Å²) in [6, 6.07) is 13.8. The Kier molecular flexibility index (Phi) is 6.36. The molecule has 0 aromatic heterocycles. The number of aliphatic carboxylic acids is 1. The van der Waals surface area contributed by atoms with Crippen LogP contribution in [-0.4, -0.2) is 63.8 Å². The summed E-state index contributed by atoms with van der Waals surface area (Å²) in [4.78, 5) is 43.5. The highest BCUT2D eigenvalue weighted by Gasteiger charge is 2.75. The monoisotopic (exact) mass is 510 g/mol. The number of carboxylic acid groups (broad SMARTS) is 1. The van der Waals surface area contributed by atoms with Gasteiger partial charge in [-0.1, -0.05) is 60.1 Å². The van der Waals surface area contributed by atoms with Gasteiger partial charge >= 0.3 is 5.97 Å². The highest BCUT2D eigenvalue weighted by Crippen LogP contribution is 2.60. The molecule has 2 bridgehead atoms. The normalized spacial score (nSPS) is 29.2. The van der Waals surface area contributed by atoms with E-state index in [2.05, 4.69) is 6.58 Å². The smallest absolute Gasteiger partial charge is 0.310 e. The van der Waals surface area contributed by atoms with E-state index < -0.39 is 60.0 Å². The van der Waals surface area contributed by atoms with Crippen LogP contribution in [0.4, 0.5) is 5.69 Å². The number of fused-ring (bicyclic) bond motifs is 1. The number of hydrogen-bond acceptors (Lipinski definition) is 5. The van der Waals surface area contributed by atoms with E-state index in [4.69, 9.17) is 16.3 Å². The summed E-state index contributed by atoms with van der Waals surface area (Å²) in [6.45, 7) is 3.44. The molecule has 0 unspecified atom stereocenters. The predicted octanol–water partition coefficient (Wildman–Crippen LogP) is 3.05. The predicted molar refractivity (Wildman–Crippen MR) is 132 cm³/mol. The number of benzene rings is 2. The maximum absolute atomic E-state index is 14.4. The maximum Gasteiger partial charge on any atom is 0.310 e. The Morgan fingerprint density at radius 2 is 1.92 bits per heavy atom. The summed E-state index contributed by atoms with van der Waals surface area (Å²) in [7, 11) is 0. The van der Waals surface area contributed by atoms with Crippen molar-refractivity contribution in [2.75, 3.05) is 18.1 Å². The number of aliphatic hydroxyl groups excluding tert-OH is 1. The van der Waals surface area contributed by atoms with Gasteiger partial charge in [-0.3, -0.25) is 14.4 Å². The Morgan fingerprint density at radius 1 is 1.22 bits per heavy atom. The molecule has 3 heterocycles. The third-order valence-corrected chi connectivity index (χ3v) is 7.99. The molecule has 1 spiro atoms. The standard InChI is InChI=1S/C27H27ClN2O6/c1-2-14-29(18-11-7-6-10-17(18)28)25(33)23-27-13-12-20(36-27)21(26(34)35)22(27)24(32)30(23)19(15-31)16-8-4-3-5-9-16/h2-11,19-23,31H,1,12-15H2,(H,34,35)/t19-,20-,21+,22+,23-,27+/m1/s1. The van der Waals surface area contributed by atoms with Gasteiger partial charge < -0.3 is 24.7 Å². The first-order valence-corrected chi connectivity index (χ1v) is 12.3. The van der Waals surface area contributed by atoms with E-state index in [1.807, 2.05) is 6.07 Å². The number of carbonyl (C=O) groups is 3. The van der Waals surface area contributed by atoms with Crippen molar-refractivity contribution in [3.8, 4) is 0 Å². The summed E-state index contributed by atoms with van der Waals surface area (Å²) in [5, 5.41) is 20.8. The summed E-state index contributed by atoms with van der Waals surface area (Å²) in [5.74, 6) is -4.17. The fourth-order valence-electron chi connectivity index (χ4n) is 6.27. The molecule has 2 amide bonds. The summed E-state index contributed by atoms with van der Waals surface area (Å²) >= 11 is 6.45. The molecule has 2 N–H and O–H groups in total. The molecule has 0 saturated carbocycles. The average Bonchev–Trinajstić information content (AvgIpc) is 3.52. The van der Waals surface area contributed by atoms with E-state index in [1.165, 1.54) is 9.80 Å². The SMILES string of the molecule is C=CCN(C(=O)[C@H]1N([C@H](CO)c2ccccc2)C(=O)[C@@H]2[C@@H](C(=O)O)[C@H]3CC[C@]21O3)c1ccccc1Cl. The zero-order chi connectivity index (χ0) is 25.6. The Balaban J connectivity index is 1.67. The molecule has 0 radical (unpaired) electrons. The largest absolute Gasteiger partial charge is 0.481 e. The Hall–Kier alpha value is -3.20. The minimum atomic E-state index is -1.31. The maximum atomic E-state index is 14.4. The minimum Gasteiger partial charge on any atom is -0.481 e. The van der Waals surface area contributed by atoms with Gasteiger partial charge in [-0.05, 0) is 30.5 Å². The molecule has 3 saturated heterocycles. The van der Waals surface area contributed by atoms with Crippen molar-refractivity contribution >= 4 is 35.1 Å². The van der Waals surface area contributed by atoms with Crippen LogP contribution >= 0.6 is 11.6 Å². The molecule has 3 fully saturated rings. The number of amides is 2. The molecular formula is C27H27ClN2O6. The molecule has 3 aliphatic heterocycles. The number of ether oxygens (including phenoxy) is 1. The van der Waals surface area contributed by atoms with Crippen molar-refractivity contribution in [3.05, 3.63) is 77.8 Å². The minimum absolute atomic E-state index is 0.114. The van der Waals surface area contributed by atoms with E-state index >= 15 is 0 Å². The van der Waals surface area contributed by atoms with Crippen LogP contribution < -0.4 is 4.90 Å². The van der Waals surface area contributed by atoms with Gasteiger partial charge in [0, 0.05) is 6.54 Å². The fourth-order valence-corrected chi connectivity index (χ4v) is 6.51. The Labute approximate surface area is 213 Å². The number of anilines is 1. The molecule has 2 aromatic carbocycles. The van der Waals surface area contributed by atoms with Gasteiger partial charge in [0.05, 0.1) is 41.3 Å². The third kappa shape index (κ3) is 3.55. The van der Waals surface area contributed by atoms with Crippen molar-refractivity contribution in [1.29, 1.82) is 0 Å². The van der Waals surface area contributed by atoms with E-state index in [0.29, 0.717) is 29.1 Å². The topological polar surface area (TPSA) is 107 Å². The van der Waals surface area contributed by atoms with Gasteiger partial charge in [0.15, 0.2) is 0 Å². The highest BCUT2D eigenvalue weighted by molar-refractivity contribution is 6.34. The molecule has 188 valence electrons. The van der Waals surface area contributed by atoms with Crippen molar-refractivity contribution in [1.82, 2.24) is 4.90 Å². The van der Waals surface area contributed by atoms with Gasteiger partial charge in [-0.15, -0.1) is 6.58 Å². The van der Waals surface area contributed by atoms with Gasteiger partial charge in [0.1, 0.15) is 11.6 Å². The van der Waals surface area contributed by atoms with Gasteiger partial charge in [0.25, 0.3) is 5.91 Å². The number of rotatable bonds is 8. The number of carboxylic acids is 1. The molecule has 5 rings (SSSR count). The lowest BCUT2D eigenvalue weighted by atomic mass is 9.70. The quantitative estimate of drug-likeness (QED) is 0.529. The molecule has 0 aliphatic carbocycles. The third-order valence-electron chi connectivity index (χ3n) is 7.67. The molecule has 8 nitrogen and oxygen atoms in total. The summed E-state index contributed by atoms with van der Waals surface area (Å²) in [5.41, 5.74) is -0.235. The van der Waals surface area contributed by atoms with Crippen LogP contribution in [-0.2, 0) is 19.1 Å². The van der Waals surface area contributed by atoms with E-state index in [0.717, 1.165) is 0 Å². The first kappa shape index (κ1) is 24.5. The number of hydrogen-bond donors (Lipinski definition) is 2. The second-order valence-electron chi connectivity index (χ2n) is 9.44. The first-order valence-electron chi connectivity index (χ1n) is 11.9. The lowest BCUT2D eigenvalue weighted by Gasteiger charge is -2.39. The second kappa shape index (κ2) is 9.35. The Bertz CT molecular complexity index is 1210. The van der Waals surface area contributed by atoms with E-state index in [9.17, 15) is 24.6 Å². The van der Waals surface area contributed by atoms with Crippen molar-refractivity contribution in [2.24, 2.45) is 11.8 Å². The molecule has 3 aliphatic rings. The molecule has 6 atom stereocenters. The number of aliphatic hydroxyl groups is 1. The van der Waals surface area contributed by atoms with Gasteiger partial charge in [-0.2, -0.15) is 0 Å². The van der Waals surface area contributed by atoms with Crippen molar-refractivity contribution < 1.29 is 29.3 Å². The fraction of sp³-hybridized carbons (Fsp3) is 0.370. The lowest BCUT2D eigenvalue weighted by molar-refractivity contribution is -0.151. The van der Waals surface area contributed by atoms with Crippen LogP contribution in [0.3, 0.4) is 0 Å². The second-order valence-corrected chi connectivity index (χ2v) is 9.84. The zero-order valence-electron chi connectivity index (χ0n) is 19.5. The molecule has 2 aromatic rings. The van der Waals surface area contributed by atoms with Crippen LogP contribution in [0.25, 0.3) is 0 Å². The summed E-state index contributed by atoms with van der Waals surface area (Å²) < 4.78 is 6.29. The van der Waals surface area contributed by atoms with E-state index in [1.54, 1.807) is 54.6 Å². The molecule has 36 heavy (non-hydrogen) atoms. The average molecular weight is 511 g/mol. The van der Waals surface area contributed by atoms with Gasteiger partial charge in [-0.25, -0.2) is 0 Å². The number of likely N-dealkylation sites (tertiary alicyclic amines) is 1. The number of nitrogens with zero attached hydrogens (tertiary/aromatic N) is 2. The van der Waals surface area contributed by atoms with Crippen LogP contribution in [0.2, 0.25) is 5.02 Å². The number of carbonyl (C=O) groups excluding carboxylic acids is 2. The summed E-state index contributed by atoms with van der Waals surface area (Å²) in [6.07, 6.45) is 1.71. The van der Waals surface area contributed by atoms with E-state index in [-0.39, 0.29) is 6.54 Å². The zero-order valence-corrected chi connectivity index (χ0v) is 20.3. The number of para-hydroxylation sites is 1. The first-order chi connectivity index (χ1) is 17.4. The van der Waals surface area contributed by atoms with Gasteiger partial charge in [0.2, 0.25) is 5.91 Å². The van der Waals surface area contributed by atoms with Crippen molar-refractivity contribution in [3.63, 3.8) is 0 Å². The highest BCUT2D eigenvalue weighted by atomic mass is 35.5. The van der Waals surface area contributed by atoms with Crippen LogP contribution in [0, 0.1) is 11.8 Å². The molecular weight excluding hydrogens is 484 g/mol. The van der Waals surface area contributed by atoms with Crippen molar-refractivity contribution in [2.45, 2.75) is 36.6 Å². The van der Waals surface area contributed by atoms with Crippen LogP contribution in [0.5, 0.6) is 0 Å². The van der Waals surface area contributed by atoms with Crippen LogP contribution in [0.1, 0.15) is 24.4 Å². The van der Waals surface area contributed by atoms with Crippen LogP contribution in [0.15, 0.2) is 67.3 Å². The number of halogens is 1. The molecule has 9 heteroatoms. The Morgan fingerprint density at radius 3 is 2.56 bits per heavy atom. The lowest BCUT2D eigenvalue weighted by Crippen LogP contribution is -2.57.